The van der Waals surface area contributed by atoms with Crippen LogP contribution in [0.15, 0.2) is 102 Å². The summed E-state index contributed by atoms with van der Waals surface area (Å²) in [5.74, 6) is -0.543. The van der Waals surface area contributed by atoms with Gasteiger partial charge in [0.1, 0.15) is 11.4 Å². The zero-order valence-corrected chi connectivity index (χ0v) is 28.5. The van der Waals surface area contributed by atoms with Crippen LogP contribution in [0.25, 0.3) is 6.08 Å². The van der Waals surface area contributed by atoms with Crippen LogP contribution in [0.3, 0.4) is 0 Å². The van der Waals surface area contributed by atoms with Gasteiger partial charge in [-0.3, -0.25) is 14.4 Å². The zero-order valence-electron chi connectivity index (χ0n) is 27.7. The number of hydrogen-bond donors (Lipinski definition) is 3. The standard InChI is InChI=1S/C37H37N3O8S/c1-6-48-37(44)25-15-17-27(18-16-25)38-34(41)23(2)49-29-14-10-13-28(21-29)39-36(43)30(40-35(42)24-11-8-7-9-12-24)19-26-20-32(46-4)33(47-5)22-31(26)45-3/h7-23H,6H2,1-5H3,(H,38,41)(H,39,43)(H,40,42)/b30-19+. The SMILES string of the molecule is CCOC(=O)c1ccc(NC(=O)C(C)Sc2cccc(NC(=O)/C(=C\c3cc(OC)c(OC)cc3OC)NC(=O)c3ccccc3)c2)cc1. The summed E-state index contributed by atoms with van der Waals surface area (Å²) in [4.78, 5) is 52.5. The van der Waals surface area contributed by atoms with Crippen molar-refractivity contribution in [2.24, 2.45) is 0 Å². The number of rotatable bonds is 14. The lowest BCUT2D eigenvalue weighted by molar-refractivity contribution is -0.115. The molecule has 0 radical (unpaired) electrons. The van der Waals surface area contributed by atoms with Crippen LogP contribution >= 0.6 is 11.8 Å². The van der Waals surface area contributed by atoms with Crippen LogP contribution < -0.4 is 30.2 Å². The van der Waals surface area contributed by atoms with Gasteiger partial charge >= 0.3 is 5.97 Å². The maximum absolute atomic E-state index is 13.7. The van der Waals surface area contributed by atoms with E-state index in [9.17, 15) is 19.2 Å². The molecular weight excluding hydrogens is 646 g/mol. The second-order valence-electron chi connectivity index (χ2n) is 10.4. The van der Waals surface area contributed by atoms with Gasteiger partial charge in [0.2, 0.25) is 5.91 Å². The van der Waals surface area contributed by atoms with Crippen molar-refractivity contribution in [2.75, 3.05) is 38.6 Å². The molecule has 0 heterocycles. The molecule has 0 saturated heterocycles. The number of ether oxygens (including phenoxy) is 4. The van der Waals surface area contributed by atoms with E-state index in [-0.39, 0.29) is 18.2 Å². The molecule has 0 saturated carbocycles. The van der Waals surface area contributed by atoms with Crippen LogP contribution in [0.5, 0.6) is 17.2 Å². The lowest BCUT2D eigenvalue weighted by Gasteiger charge is -2.15. The molecule has 0 aromatic heterocycles. The number of nitrogens with one attached hydrogen (secondary N) is 3. The van der Waals surface area contributed by atoms with Gasteiger partial charge in [-0.05, 0) is 80.6 Å². The fourth-order valence-electron chi connectivity index (χ4n) is 4.51. The smallest absolute Gasteiger partial charge is 0.338 e. The molecule has 0 spiro atoms. The van der Waals surface area contributed by atoms with E-state index in [0.29, 0.717) is 45.3 Å². The van der Waals surface area contributed by atoms with Crippen molar-refractivity contribution in [2.45, 2.75) is 24.0 Å². The number of carbonyl (C=O) groups is 4. The molecule has 49 heavy (non-hydrogen) atoms. The summed E-state index contributed by atoms with van der Waals surface area (Å²) in [6.45, 7) is 3.76. The summed E-state index contributed by atoms with van der Waals surface area (Å²) in [6, 6.07) is 25.2. The second kappa shape index (κ2) is 17.4. The van der Waals surface area contributed by atoms with E-state index in [2.05, 4.69) is 16.0 Å². The topological polar surface area (TPSA) is 141 Å². The molecule has 1 atom stereocenters. The summed E-state index contributed by atoms with van der Waals surface area (Å²) >= 11 is 1.29. The number of benzene rings is 4. The first-order valence-electron chi connectivity index (χ1n) is 15.2. The van der Waals surface area contributed by atoms with Crippen molar-refractivity contribution in [3.63, 3.8) is 0 Å². The van der Waals surface area contributed by atoms with Crippen LogP contribution in [0.1, 0.15) is 40.1 Å². The number of amides is 3. The Balaban J connectivity index is 1.52. The third-order valence-electron chi connectivity index (χ3n) is 7.00. The largest absolute Gasteiger partial charge is 0.496 e. The van der Waals surface area contributed by atoms with Gasteiger partial charge in [-0.1, -0.05) is 24.3 Å². The highest BCUT2D eigenvalue weighted by atomic mass is 32.2. The Morgan fingerprint density at radius 2 is 1.41 bits per heavy atom. The van der Waals surface area contributed by atoms with Crippen LogP contribution in [0, 0.1) is 0 Å². The molecule has 0 fully saturated rings. The van der Waals surface area contributed by atoms with Crippen molar-refractivity contribution < 1.29 is 38.1 Å². The Morgan fingerprint density at radius 1 is 0.735 bits per heavy atom. The van der Waals surface area contributed by atoms with E-state index in [1.54, 1.807) is 98.8 Å². The summed E-state index contributed by atoms with van der Waals surface area (Å²) in [6.07, 6.45) is 1.49. The molecule has 0 aliphatic carbocycles. The maximum Gasteiger partial charge on any atom is 0.338 e. The summed E-state index contributed by atoms with van der Waals surface area (Å²) < 4.78 is 21.3. The molecule has 3 amide bonds. The monoisotopic (exact) mass is 683 g/mol. The van der Waals surface area contributed by atoms with E-state index >= 15 is 0 Å². The van der Waals surface area contributed by atoms with E-state index in [1.807, 2.05) is 6.07 Å². The molecule has 1 unspecified atom stereocenters. The van der Waals surface area contributed by atoms with Crippen molar-refractivity contribution in [1.29, 1.82) is 0 Å². The molecule has 0 aliphatic heterocycles. The molecule has 0 bridgehead atoms. The minimum Gasteiger partial charge on any atom is -0.496 e. The molecule has 12 heteroatoms. The average molecular weight is 684 g/mol. The number of hydrogen-bond acceptors (Lipinski definition) is 9. The summed E-state index contributed by atoms with van der Waals surface area (Å²) in [5, 5.41) is 7.90. The molecular formula is C37H37N3O8S. The Bertz CT molecular complexity index is 1830. The molecule has 4 aromatic carbocycles. The van der Waals surface area contributed by atoms with Crippen LogP contribution in [0.4, 0.5) is 11.4 Å². The Labute approximate surface area is 289 Å². The second-order valence-corrected chi connectivity index (χ2v) is 11.8. The Kier molecular flexibility index (Phi) is 12.8. The third-order valence-corrected chi connectivity index (χ3v) is 8.10. The van der Waals surface area contributed by atoms with E-state index in [4.69, 9.17) is 18.9 Å². The number of anilines is 2. The Morgan fingerprint density at radius 3 is 2.06 bits per heavy atom. The molecule has 4 rings (SSSR count). The number of carbonyl (C=O) groups excluding carboxylic acids is 4. The molecule has 4 aromatic rings. The van der Waals surface area contributed by atoms with Gasteiger partial charge in [0.05, 0.1) is 38.7 Å². The first-order chi connectivity index (χ1) is 23.6. The highest BCUT2D eigenvalue weighted by Gasteiger charge is 2.19. The van der Waals surface area contributed by atoms with E-state index in [0.717, 1.165) is 4.90 Å². The summed E-state index contributed by atoms with van der Waals surface area (Å²) in [5.41, 5.74) is 2.13. The predicted molar refractivity (Wildman–Crippen MR) is 189 cm³/mol. The van der Waals surface area contributed by atoms with Crippen LogP contribution in [-0.2, 0) is 14.3 Å². The van der Waals surface area contributed by atoms with Gasteiger partial charge in [0, 0.05) is 33.5 Å². The predicted octanol–water partition coefficient (Wildman–Crippen LogP) is 6.42. The summed E-state index contributed by atoms with van der Waals surface area (Å²) in [7, 11) is 4.47. The van der Waals surface area contributed by atoms with E-state index in [1.165, 1.54) is 39.2 Å². The van der Waals surface area contributed by atoms with Crippen LogP contribution in [-0.4, -0.2) is 56.9 Å². The Hall–Kier alpha value is -5.75. The zero-order chi connectivity index (χ0) is 35.3. The van der Waals surface area contributed by atoms with Crippen molar-refractivity contribution in [1.82, 2.24) is 5.32 Å². The third kappa shape index (κ3) is 9.88. The maximum atomic E-state index is 13.7. The van der Waals surface area contributed by atoms with Crippen molar-refractivity contribution in [3.8, 4) is 17.2 Å². The quantitative estimate of drug-likeness (QED) is 0.0780. The number of thioether (sulfide) groups is 1. The van der Waals surface area contributed by atoms with Gasteiger partial charge in [-0.25, -0.2) is 4.79 Å². The highest BCUT2D eigenvalue weighted by molar-refractivity contribution is 8.00. The van der Waals surface area contributed by atoms with Crippen molar-refractivity contribution >= 4 is 52.9 Å². The fourth-order valence-corrected chi connectivity index (χ4v) is 5.44. The molecule has 11 nitrogen and oxygen atoms in total. The van der Waals surface area contributed by atoms with Crippen molar-refractivity contribution in [3.05, 3.63) is 113 Å². The average Bonchev–Trinajstić information content (AvgIpc) is 3.11. The minimum absolute atomic E-state index is 0.0563. The number of methoxy groups -OCH3 is 3. The van der Waals surface area contributed by atoms with Crippen LogP contribution in [0.2, 0.25) is 0 Å². The highest BCUT2D eigenvalue weighted by Crippen LogP contribution is 2.36. The minimum atomic E-state index is -0.597. The van der Waals surface area contributed by atoms with Gasteiger partial charge in [0.25, 0.3) is 11.8 Å². The normalized spacial score (nSPS) is 11.5. The van der Waals surface area contributed by atoms with Gasteiger partial charge < -0.3 is 34.9 Å². The molecule has 254 valence electrons. The first-order valence-corrected chi connectivity index (χ1v) is 16.1. The van der Waals surface area contributed by atoms with Gasteiger partial charge in [-0.2, -0.15) is 0 Å². The lowest BCUT2D eigenvalue weighted by Crippen LogP contribution is -2.30. The fraction of sp³-hybridized carbons (Fsp3) is 0.189. The first kappa shape index (κ1) is 36.1. The van der Waals surface area contributed by atoms with E-state index < -0.39 is 23.0 Å². The number of esters is 1. The molecule has 3 N–H and O–H groups in total. The van der Waals surface area contributed by atoms with Gasteiger partial charge in [0.15, 0.2) is 11.5 Å². The molecule has 0 aliphatic rings. The lowest BCUT2D eigenvalue weighted by atomic mass is 10.1. The van der Waals surface area contributed by atoms with Gasteiger partial charge in [-0.15, -0.1) is 11.8 Å².